The van der Waals surface area contributed by atoms with E-state index in [0.717, 1.165) is 43.6 Å². The maximum Gasteiger partial charge on any atom is 0.123 e. The van der Waals surface area contributed by atoms with Crippen molar-refractivity contribution in [1.29, 1.82) is 0 Å². The van der Waals surface area contributed by atoms with Crippen LogP contribution in [0.1, 0.15) is 24.8 Å². The van der Waals surface area contributed by atoms with Crippen molar-refractivity contribution in [1.82, 2.24) is 14.7 Å². The summed E-state index contributed by atoms with van der Waals surface area (Å²) in [5, 5.41) is 14.2. The number of aliphatic hydroxyl groups excluding tert-OH is 1. The fourth-order valence-corrected chi connectivity index (χ4v) is 3.18. The van der Waals surface area contributed by atoms with Gasteiger partial charge in [-0.05, 0) is 50.1 Å². The van der Waals surface area contributed by atoms with E-state index in [1.807, 2.05) is 12.4 Å². The zero-order valence-electron chi connectivity index (χ0n) is 12.8. The molecule has 1 fully saturated rings. The van der Waals surface area contributed by atoms with Crippen molar-refractivity contribution >= 4 is 0 Å². The van der Waals surface area contributed by atoms with E-state index in [1.54, 1.807) is 16.8 Å². The van der Waals surface area contributed by atoms with E-state index < -0.39 is 0 Å². The van der Waals surface area contributed by atoms with Crippen LogP contribution in [0.2, 0.25) is 0 Å². The molecule has 3 rings (SSSR count). The molecule has 1 heterocycles. The number of aliphatic hydroxyl groups is 1. The van der Waals surface area contributed by atoms with Gasteiger partial charge in [0.05, 0.1) is 18.0 Å². The molecule has 1 aliphatic carbocycles. The molecule has 1 saturated carbocycles. The van der Waals surface area contributed by atoms with E-state index in [0.29, 0.717) is 5.92 Å². The Bertz CT molecular complexity index is 611. The lowest BCUT2D eigenvalue weighted by molar-refractivity contribution is 0.108. The highest BCUT2D eigenvalue weighted by Crippen LogP contribution is 2.26. The molecular formula is C17H22FN3O. The van der Waals surface area contributed by atoms with Gasteiger partial charge in [0.2, 0.25) is 0 Å². The Kier molecular flexibility index (Phi) is 4.55. The second-order valence-electron chi connectivity index (χ2n) is 6.22. The van der Waals surface area contributed by atoms with E-state index in [2.05, 4.69) is 17.0 Å². The Morgan fingerprint density at radius 3 is 2.77 bits per heavy atom. The minimum absolute atomic E-state index is 0.149. The van der Waals surface area contributed by atoms with E-state index in [-0.39, 0.29) is 11.9 Å². The largest absolute Gasteiger partial charge is 0.393 e. The molecule has 1 aromatic heterocycles. The molecule has 0 saturated heterocycles. The highest BCUT2D eigenvalue weighted by molar-refractivity contribution is 5.31. The van der Waals surface area contributed by atoms with Crippen LogP contribution in [0.25, 0.3) is 5.69 Å². The van der Waals surface area contributed by atoms with Gasteiger partial charge in [0.15, 0.2) is 0 Å². The zero-order valence-corrected chi connectivity index (χ0v) is 12.8. The third kappa shape index (κ3) is 3.54. The van der Waals surface area contributed by atoms with Crippen molar-refractivity contribution in [2.45, 2.75) is 31.9 Å². The molecule has 118 valence electrons. The molecule has 0 bridgehead atoms. The van der Waals surface area contributed by atoms with Crippen molar-refractivity contribution in [3.8, 4) is 5.69 Å². The lowest BCUT2D eigenvalue weighted by atomic mass is 10.1. The van der Waals surface area contributed by atoms with Gasteiger partial charge in [-0.25, -0.2) is 9.07 Å². The summed E-state index contributed by atoms with van der Waals surface area (Å²) < 4.78 is 14.7. The third-order valence-corrected chi connectivity index (χ3v) is 4.34. The minimum Gasteiger partial charge on any atom is -0.393 e. The van der Waals surface area contributed by atoms with Gasteiger partial charge in [-0.1, -0.05) is 6.42 Å². The first-order chi connectivity index (χ1) is 10.6. The van der Waals surface area contributed by atoms with Crippen LogP contribution in [0, 0.1) is 11.7 Å². The predicted octanol–water partition coefficient (Wildman–Crippen LogP) is 2.60. The molecule has 0 aliphatic heterocycles. The zero-order chi connectivity index (χ0) is 15.5. The number of aromatic nitrogens is 2. The fourth-order valence-electron chi connectivity index (χ4n) is 3.18. The summed E-state index contributed by atoms with van der Waals surface area (Å²) in [5.74, 6) is 0.142. The van der Waals surface area contributed by atoms with Gasteiger partial charge in [0, 0.05) is 24.8 Å². The van der Waals surface area contributed by atoms with E-state index >= 15 is 0 Å². The number of hydrogen-bond acceptors (Lipinski definition) is 3. The molecule has 0 spiro atoms. The highest BCUT2D eigenvalue weighted by Gasteiger charge is 2.26. The minimum atomic E-state index is -0.244. The molecule has 5 heteroatoms. The topological polar surface area (TPSA) is 41.3 Å². The van der Waals surface area contributed by atoms with Crippen molar-refractivity contribution < 1.29 is 9.50 Å². The van der Waals surface area contributed by atoms with Crippen LogP contribution in [0.15, 0.2) is 36.7 Å². The number of halogens is 1. The summed E-state index contributed by atoms with van der Waals surface area (Å²) >= 11 is 0. The summed E-state index contributed by atoms with van der Waals surface area (Å²) in [7, 11) is 2.07. The van der Waals surface area contributed by atoms with E-state index in [1.165, 1.54) is 12.1 Å². The summed E-state index contributed by atoms with van der Waals surface area (Å²) in [6.45, 7) is 1.70. The van der Waals surface area contributed by atoms with Crippen molar-refractivity contribution in [3.05, 3.63) is 48.0 Å². The lowest BCUT2D eigenvalue weighted by Gasteiger charge is -2.22. The second kappa shape index (κ2) is 6.58. The number of nitrogens with zero attached hydrogens (tertiary/aromatic N) is 3. The smallest absolute Gasteiger partial charge is 0.123 e. The van der Waals surface area contributed by atoms with Gasteiger partial charge in [0.25, 0.3) is 0 Å². The Labute approximate surface area is 130 Å². The first-order valence-electron chi connectivity index (χ1n) is 7.78. The normalized spacial score (nSPS) is 21.6. The van der Waals surface area contributed by atoms with Gasteiger partial charge in [-0.2, -0.15) is 5.10 Å². The fraction of sp³-hybridized carbons (Fsp3) is 0.471. The molecule has 2 atom stereocenters. The van der Waals surface area contributed by atoms with Crippen molar-refractivity contribution in [3.63, 3.8) is 0 Å². The average Bonchev–Trinajstić information content (AvgIpc) is 3.10. The molecule has 1 N–H and O–H groups in total. The SMILES string of the molecule is CN(Cc1cnn(-c2ccc(F)cc2)c1)CC1CCCC1O. The number of benzene rings is 1. The Morgan fingerprint density at radius 2 is 2.09 bits per heavy atom. The predicted molar refractivity (Wildman–Crippen MR) is 83.2 cm³/mol. The number of hydrogen-bond donors (Lipinski definition) is 1. The first-order valence-corrected chi connectivity index (χ1v) is 7.78. The van der Waals surface area contributed by atoms with Crippen LogP contribution in [-0.4, -0.2) is 39.5 Å². The maximum absolute atomic E-state index is 12.9. The molecule has 1 aliphatic rings. The molecule has 2 aromatic rings. The van der Waals surface area contributed by atoms with Gasteiger partial charge in [-0.15, -0.1) is 0 Å². The summed E-state index contributed by atoms with van der Waals surface area (Å²) in [4.78, 5) is 2.23. The molecule has 2 unspecified atom stereocenters. The van der Waals surface area contributed by atoms with Gasteiger partial charge in [-0.3, -0.25) is 0 Å². The Hall–Kier alpha value is -1.72. The van der Waals surface area contributed by atoms with E-state index in [4.69, 9.17) is 0 Å². The Morgan fingerprint density at radius 1 is 1.32 bits per heavy atom. The van der Waals surface area contributed by atoms with Gasteiger partial charge < -0.3 is 10.0 Å². The van der Waals surface area contributed by atoms with Crippen molar-refractivity contribution in [2.75, 3.05) is 13.6 Å². The monoisotopic (exact) mass is 303 g/mol. The van der Waals surface area contributed by atoms with Crippen LogP contribution in [0.5, 0.6) is 0 Å². The van der Waals surface area contributed by atoms with Crippen LogP contribution in [0.4, 0.5) is 4.39 Å². The van der Waals surface area contributed by atoms with Crippen LogP contribution >= 0.6 is 0 Å². The van der Waals surface area contributed by atoms with Crippen LogP contribution in [0.3, 0.4) is 0 Å². The van der Waals surface area contributed by atoms with E-state index in [9.17, 15) is 9.50 Å². The molecule has 1 aromatic carbocycles. The molecule has 22 heavy (non-hydrogen) atoms. The standard InChI is InChI=1S/C17H22FN3O/c1-20(12-14-3-2-4-17(14)22)10-13-9-19-21(11-13)16-7-5-15(18)6-8-16/h5-9,11,14,17,22H,2-4,10,12H2,1H3. The highest BCUT2D eigenvalue weighted by atomic mass is 19.1. The second-order valence-corrected chi connectivity index (χ2v) is 6.22. The molecule has 0 radical (unpaired) electrons. The van der Waals surface area contributed by atoms with Gasteiger partial charge >= 0.3 is 0 Å². The first kappa shape index (κ1) is 15.2. The molecule has 0 amide bonds. The average molecular weight is 303 g/mol. The van der Waals surface area contributed by atoms with Crippen molar-refractivity contribution in [2.24, 2.45) is 5.92 Å². The quantitative estimate of drug-likeness (QED) is 0.923. The lowest BCUT2D eigenvalue weighted by Crippen LogP contribution is -2.29. The van der Waals surface area contributed by atoms with Crippen LogP contribution < -0.4 is 0 Å². The van der Waals surface area contributed by atoms with Gasteiger partial charge in [0.1, 0.15) is 5.82 Å². The number of rotatable bonds is 5. The molecular weight excluding hydrogens is 281 g/mol. The Balaban J connectivity index is 1.60. The van der Waals surface area contributed by atoms with Crippen LogP contribution in [-0.2, 0) is 6.54 Å². The molecule has 4 nitrogen and oxygen atoms in total. The maximum atomic E-state index is 12.9. The summed E-state index contributed by atoms with van der Waals surface area (Å²) in [5.41, 5.74) is 1.96. The third-order valence-electron chi connectivity index (χ3n) is 4.34. The summed E-state index contributed by atoms with van der Waals surface area (Å²) in [6.07, 6.45) is 6.83. The summed E-state index contributed by atoms with van der Waals surface area (Å²) in [6, 6.07) is 6.30.